The number of aromatic nitrogens is 1. The summed E-state index contributed by atoms with van der Waals surface area (Å²) in [6.07, 6.45) is 2.17. The van der Waals surface area contributed by atoms with E-state index in [0.717, 1.165) is 12.8 Å². The molecule has 1 fully saturated rings. The molecule has 0 radical (unpaired) electrons. The van der Waals surface area contributed by atoms with Crippen LogP contribution in [0.2, 0.25) is 5.02 Å². The van der Waals surface area contributed by atoms with Crippen molar-refractivity contribution < 1.29 is 13.5 Å². The third kappa shape index (κ3) is 3.85. The van der Waals surface area contributed by atoms with Crippen LogP contribution in [0.25, 0.3) is 0 Å². The summed E-state index contributed by atoms with van der Waals surface area (Å²) in [5.41, 5.74) is 1.21. The summed E-state index contributed by atoms with van der Waals surface area (Å²) in [6, 6.07) is 4.76. The minimum absolute atomic E-state index is 0.139. The molecule has 0 aliphatic heterocycles. The monoisotopic (exact) mass is 372 g/mol. The zero-order valence-corrected chi connectivity index (χ0v) is 14.9. The first kappa shape index (κ1) is 16.7. The van der Waals surface area contributed by atoms with Crippen molar-refractivity contribution in [3.05, 3.63) is 39.9 Å². The van der Waals surface area contributed by atoms with Gasteiger partial charge in [0, 0.05) is 16.8 Å². The number of halogens is 1. The Morgan fingerprint density at radius 3 is 2.91 bits per heavy atom. The maximum absolute atomic E-state index is 12.5. The lowest BCUT2D eigenvalue weighted by atomic mass is 10.1. The molecule has 124 valence electrons. The Kier molecular flexibility index (Phi) is 4.64. The molecule has 3 rings (SSSR count). The first-order chi connectivity index (χ1) is 10.9. The molecule has 0 spiro atoms. The van der Waals surface area contributed by atoms with Crippen molar-refractivity contribution in [3.8, 4) is 0 Å². The lowest BCUT2D eigenvalue weighted by molar-refractivity contribution is 0.151. The summed E-state index contributed by atoms with van der Waals surface area (Å²) >= 11 is 7.20. The number of anilines is 1. The number of aliphatic hydroxyl groups excluding tert-OH is 1. The number of nitrogens with zero attached hydrogens (tertiary/aromatic N) is 1. The molecule has 1 aliphatic carbocycles. The van der Waals surface area contributed by atoms with Crippen LogP contribution in [0.4, 0.5) is 5.13 Å². The Hall–Kier alpha value is -1.15. The van der Waals surface area contributed by atoms with Crippen molar-refractivity contribution in [2.45, 2.75) is 37.2 Å². The minimum Gasteiger partial charge on any atom is -0.392 e. The lowest BCUT2D eigenvalue weighted by Crippen LogP contribution is -2.15. The standard InChI is InChI=1S/C15H17ClN2O3S2/c1-9-12(16)3-2-4-14(9)23(20,21)18-15-17-11(8-22-15)7-13(19)10-5-6-10/h2-4,8,10,13,19H,5-7H2,1H3,(H,17,18)/t13-/m0/s1. The Morgan fingerprint density at radius 1 is 1.48 bits per heavy atom. The van der Waals surface area contributed by atoms with Gasteiger partial charge in [-0.3, -0.25) is 4.72 Å². The van der Waals surface area contributed by atoms with E-state index in [4.69, 9.17) is 11.6 Å². The summed E-state index contributed by atoms with van der Waals surface area (Å²) in [6.45, 7) is 1.66. The van der Waals surface area contributed by atoms with Gasteiger partial charge in [-0.05, 0) is 43.4 Å². The van der Waals surface area contributed by atoms with Gasteiger partial charge >= 0.3 is 0 Å². The van der Waals surface area contributed by atoms with Crippen molar-refractivity contribution in [1.29, 1.82) is 0 Å². The predicted molar refractivity (Wildman–Crippen MR) is 91.5 cm³/mol. The van der Waals surface area contributed by atoms with E-state index in [1.54, 1.807) is 24.4 Å². The van der Waals surface area contributed by atoms with E-state index in [9.17, 15) is 13.5 Å². The van der Waals surface area contributed by atoms with Gasteiger partial charge < -0.3 is 5.11 Å². The van der Waals surface area contributed by atoms with E-state index in [2.05, 4.69) is 9.71 Å². The number of hydrogen-bond donors (Lipinski definition) is 2. The average molecular weight is 373 g/mol. The van der Waals surface area contributed by atoms with E-state index in [1.807, 2.05) is 0 Å². The second-order valence-electron chi connectivity index (χ2n) is 5.72. The van der Waals surface area contributed by atoms with Crippen molar-refractivity contribution in [2.24, 2.45) is 5.92 Å². The minimum atomic E-state index is -3.73. The molecular formula is C15H17ClN2O3S2. The molecule has 0 saturated heterocycles. The molecule has 1 aliphatic rings. The number of thiazole rings is 1. The highest BCUT2D eigenvalue weighted by atomic mass is 35.5. The molecule has 1 saturated carbocycles. The van der Waals surface area contributed by atoms with Crippen LogP contribution in [0, 0.1) is 12.8 Å². The van der Waals surface area contributed by atoms with Gasteiger partial charge in [0.05, 0.1) is 16.7 Å². The molecule has 0 amide bonds. The Balaban J connectivity index is 1.75. The molecule has 5 nitrogen and oxygen atoms in total. The van der Waals surface area contributed by atoms with Crippen LogP contribution in [-0.2, 0) is 16.4 Å². The fourth-order valence-electron chi connectivity index (χ4n) is 2.36. The third-order valence-electron chi connectivity index (χ3n) is 3.87. The van der Waals surface area contributed by atoms with Crippen LogP contribution in [-0.4, -0.2) is 24.6 Å². The SMILES string of the molecule is Cc1c(Cl)cccc1S(=O)(=O)Nc1nc(C[C@H](O)C2CC2)cs1. The fourth-order valence-corrected chi connectivity index (χ4v) is 4.83. The van der Waals surface area contributed by atoms with Gasteiger partial charge in [0.1, 0.15) is 0 Å². The molecule has 1 aromatic heterocycles. The van der Waals surface area contributed by atoms with Gasteiger partial charge in [-0.1, -0.05) is 17.7 Å². The zero-order chi connectivity index (χ0) is 16.6. The van der Waals surface area contributed by atoms with Gasteiger partial charge in [0.15, 0.2) is 5.13 Å². The van der Waals surface area contributed by atoms with Gasteiger partial charge in [-0.25, -0.2) is 13.4 Å². The second kappa shape index (κ2) is 6.39. The average Bonchev–Trinajstić information content (AvgIpc) is 3.25. The number of rotatable bonds is 6. The molecule has 2 N–H and O–H groups in total. The Labute approximate surface area is 144 Å². The van der Waals surface area contributed by atoms with E-state index in [1.165, 1.54) is 17.4 Å². The summed E-state index contributed by atoms with van der Waals surface area (Å²) in [5.74, 6) is 0.367. The number of hydrogen-bond acceptors (Lipinski definition) is 5. The van der Waals surface area contributed by atoms with Crippen LogP contribution in [0.5, 0.6) is 0 Å². The number of sulfonamides is 1. The van der Waals surface area contributed by atoms with Gasteiger partial charge in [0.25, 0.3) is 10.0 Å². The quantitative estimate of drug-likeness (QED) is 0.815. The maximum Gasteiger partial charge on any atom is 0.263 e. The summed E-state index contributed by atoms with van der Waals surface area (Å²) in [5, 5.41) is 12.4. The molecule has 1 aromatic carbocycles. The largest absolute Gasteiger partial charge is 0.392 e. The van der Waals surface area contributed by atoms with E-state index < -0.39 is 16.1 Å². The van der Waals surface area contributed by atoms with Gasteiger partial charge in [-0.15, -0.1) is 11.3 Å². The van der Waals surface area contributed by atoms with Crippen LogP contribution in [0.15, 0.2) is 28.5 Å². The van der Waals surface area contributed by atoms with Crippen molar-refractivity contribution in [1.82, 2.24) is 4.98 Å². The first-order valence-electron chi connectivity index (χ1n) is 7.27. The first-order valence-corrected chi connectivity index (χ1v) is 10.0. The highest BCUT2D eigenvalue weighted by Crippen LogP contribution is 2.34. The third-order valence-corrected chi connectivity index (χ3v) is 6.69. The molecular weight excluding hydrogens is 356 g/mol. The van der Waals surface area contributed by atoms with Crippen LogP contribution in [0.1, 0.15) is 24.1 Å². The number of benzene rings is 1. The second-order valence-corrected chi connectivity index (χ2v) is 8.64. The van der Waals surface area contributed by atoms with E-state index >= 15 is 0 Å². The van der Waals surface area contributed by atoms with E-state index in [0.29, 0.717) is 33.8 Å². The molecule has 1 heterocycles. The van der Waals surface area contributed by atoms with Crippen LogP contribution < -0.4 is 4.72 Å². The summed E-state index contributed by atoms with van der Waals surface area (Å²) < 4.78 is 27.4. The molecule has 0 bridgehead atoms. The molecule has 1 atom stereocenters. The molecule has 2 aromatic rings. The highest BCUT2D eigenvalue weighted by molar-refractivity contribution is 7.93. The predicted octanol–water partition coefficient (Wildman–Crippen LogP) is 3.22. The molecule has 23 heavy (non-hydrogen) atoms. The smallest absolute Gasteiger partial charge is 0.263 e. The number of aliphatic hydroxyl groups is 1. The normalized spacial score (nSPS) is 16.3. The summed E-state index contributed by atoms with van der Waals surface area (Å²) in [7, 11) is -3.73. The van der Waals surface area contributed by atoms with Crippen molar-refractivity contribution in [3.63, 3.8) is 0 Å². The molecule has 8 heteroatoms. The topological polar surface area (TPSA) is 79.3 Å². The zero-order valence-electron chi connectivity index (χ0n) is 12.5. The van der Waals surface area contributed by atoms with Crippen LogP contribution in [0.3, 0.4) is 0 Å². The fraction of sp³-hybridized carbons (Fsp3) is 0.400. The lowest BCUT2D eigenvalue weighted by Gasteiger charge is -2.09. The molecule has 0 unspecified atom stereocenters. The van der Waals surface area contributed by atoms with Gasteiger partial charge in [0.2, 0.25) is 0 Å². The maximum atomic E-state index is 12.5. The van der Waals surface area contributed by atoms with Crippen molar-refractivity contribution >= 4 is 38.1 Å². The Bertz CT molecular complexity index is 816. The van der Waals surface area contributed by atoms with Crippen LogP contribution >= 0.6 is 22.9 Å². The van der Waals surface area contributed by atoms with Gasteiger partial charge in [-0.2, -0.15) is 0 Å². The summed E-state index contributed by atoms with van der Waals surface area (Å²) in [4.78, 5) is 4.40. The van der Waals surface area contributed by atoms with E-state index in [-0.39, 0.29) is 4.90 Å². The number of nitrogens with one attached hydrogen (secondary N) is 1. The van der Waals surface area contributed by atoms with Crippen molar-refractivity contribution in [2.75, 3.05) is 4.72 Å². The highest BCUT2D eigenvalue weighted by Gasteiger charge is 2.30. The Morgan fingerprint density at radius 2 is 2.22 bits per heavy atom.